The second-order valence-corrected chi connectivity index (χ2v) is 31.2. The standard InChI is InChI=1S/C88H79Br2N3/c1-85(2,3)62-40-42-81-77(46-62)79-52-65(88(10,11)12)51-78-76-45-60(39-41-80(76)93(81)84(78)79)61-43-70(91(68-37-25-35-66(89)53-68)82-72(56-27-17-13-18-28-56)47-63(86(4,5)6)48-73(82)57-29-19-14-20-30-57)55-71(44-61)92(69-38-26-36-67(90)54-69)83-74(58-31-21-15-22-32-58)49-64(87(7,8)9)50-75(83)59-33-23-16-24-34-59/h13-55H,1-12H3. The average molecular weight is 1340 g/mol. The summed E-state index contributed by atoms with van der Waals surface area (Å²) >= 11 is 8.06. The van der Waals surface area contributed by atoms with E-state index in [2.05, 4.69) is 390 Å². The number of anilines is 6. The van der Waals surface area contributed by atoms with Gasteiger partial charge in [0.05, 0.1) is 27.9 Å². The number of hydrogen-bond acceptors (Lipinski definition) is 2. The number of aromatic nitrogens is 1. The van der Waals surface area contributed by atoms with E-state index in [0.29, 0.717) is 0 Å². The van der Waals surface area contributed by atoms with Crippen LogP contribution >= 0.6 is 31.9 Å². The SMILES string of the molecule is CC(C)(C)c1cc(-c2ccccc2)c(N(c2cccc(Br)c2)c2cc(-c3ccc4c(c3)c3cc(C(C)(C)C)cc5c6cc(C(C)(C)C)ccc6n4c35)cc(N(c3cccc(Br)c3)c3c(-c4ccccc4)cc(C(C)(C)C)cc3-c3ccccc3)c2)c(-c2ccccc2)c1. The lowest BCUT2D eigenvalue weighted by Crippen LogP contribution is -2.18. The predicted molar refractivity (Wildman–Crippen MR) is 408 cm³/mol. The van der Waals surface area contributed by atoms with Gasteiger partial charge in [-0.05, 0) is 193 Å². The van der Waals surface area contributed by atoms with Crippen molar-refractivity contribution in [3.05, 3.63) is 292 Å². The van der Waals surface area contributed by atoms with Crippen LogP contribution in [-0.4, -0.2) is 4.40 Å². The van der Waals surface area contributed by atoms with Gasteiger partial charge in [0.15, 0.2) is 0 Å². The molecule has 0 radical (unpaired) electrons. The van der Waals surface area contributed by atoms with Crippen LogP contribution in [0.25, 0.3) is 93.7 Å². The van der Waals surface area contributed by atoms with Crippen molar-refractivity contribution >= 4 is 104 Å². The van der Waals surface area contributed by atoms with Gasteiger partial charge in [-0.3, -0.25) is 0 Å². The molecule has 93 heavy (non-hydrogen) atoms. The van der Waals surface area contributed by atoms with E-state index in [1.165, 1.54) is 60.3 Å². The lowest BCUT2D eigenvalue weighted by atomic mass is 9.81. The first-order chi connectivity index (χ1) is 44.5. The Hall–Kier alpha value is -9.00. The summed E-state index contributed by atoms with van der Waals surface area (Å²) in [5.41, 5.74) is 25.9. The van der Waals surface area contributed by atoms with Crippen LogP contribution in [0.4, 0.5) is 34.1 Å². The number of fused-ring (bicyclic) bond motifs is 6. The monoisotopic (exact) mass is 1340 g/mol. The summed E-state index contributed by atoms with van der Waals surface area (Å²) in [4.78, 5) is 5.08. The van der Waals surface area contributed by atoms with Crippen molar-refractivity contribution in [2.75, 3.05) is 9.80 Å². The van der Waals surface area contributed by atoms with E-state index in [1.807, 2.05) is 0 Å². The molecule has 0 saturated carbocycles. The molecule has 460 valence electrons. The van der Waals surface area contributed by atoms with Crippen molar-refractivity contribution in [1.82, 2.24) is 4.40 Å². The fourth-order valence-corrected chi connectivity index (χ4v) is 14.4. The van der Waals surface area contributed by atoms with E-state index >= 15 is 0 Å². The molecule has 0 spiro atoms. The van der Waals surface area contributed by atoms with E-state index in [9.17, 15) is 0 Å². The molecule has 0 fully saturated rings. The molecule has 0 amide bonds. The summed E-state index contributed by atoms with van der Waals surface area (Å²) in [5, 5.41) is 5.10. The molecule has 0 atom stereocenters. The van der Waals surface area contributed by atoms with Gasteiger partial charge in [-0.1, -0.05) is 261 Å². The zero-order valence-corrected chi connectivity index (χ0v) is 58.6. The molecule has 14 aromatic rings. The smallest absolute Gasteiger partial charge is 0.0620 e. The van der Waals surface area contributed by atoms with Gasteiger partial charge in [0.25, 0.3) is 0 Å². The van der Waals surface area contributed by atoms with Crippen LogP contribution < -0.4 is 9.80 Å². The Kier molecular flexibility index (Phi) is 15.6. The second-order valence-electron chi connectivity index (χ2n) is 29.4. The van der Waals surface area contributed by atoms with Crippen molar-refractivity contribution in [1.29, 1.82) is 0 Å². The minimum Gasteiger partial charge on any atom is -0.309 e. The highest BCUT2D eigenvalue weighted by atomic mass is 79.9. The van der Waals surface area contributed by atoms with E-state index in [0.717, 1.165) is 98.7 Å². The maximum Gasteiger partial charge on any atom is 0.0620 e. The maximum absolute atomic E-state index is 4.03. The number of benzene rings is 12. The summed E-state index contributed by atoms with van der Waals surface area (Å²) in [6, 6.07) is 98.2. The summed E-state index contributed by atoms with van der Waals surface area (Å²) < 4.78 is 4.51. The van der Waals surface area contributed by atoms with Crippen LogP contribution in [-0.2, 0) is 21.7 Å². The maximum atomic E-state index is 4.03. The highest BCUT2D eigenvalue weighted by Crippen LogP contribution is 2.55. The summed E-state index contributed by atoms with van der Waals surface area (Å²) in [5.74, 6) is 0. The highest BCUT2D eigenvalue weighted by molar-refractivity contribution is 9.10. The molecule has 2 heterocycles. The third-order valence-electron chi connectivity index (χ3n) is 18.7. The zero-order valence-electron chi connectivity index (χ0n) is 55.4. The first-order valence-electron chi connectivity index (χ1n) is 32.6. The van der Waals surface area contributed by atoms with Gasteiger partial charge in [0, 0.05) is 75.5 Å². The minimum atomic E-state index is -0.173. The van der Waals surface area contributed by atoms with Crippen molar-refractivity contribution in [2.45, 2.75) is 105 Å². The molecule has 0 unspecified atom stereocenters. The first-order valence-corrected chi connectivity index (χ1v) is 34.2. The van der Waals surface area contributed by atoms with Crippen molar-refractivity contribution in [3.63, 3.8) is 0 Å². The first kappa shape index (κ1) is 61.5. The third-order valence-corrected chi connectivity index (χ3v) is 19.7. The molecule has 0 aliphatic carbocycles. The van der Waals surface area contributed by atoms with Crippen LogP contribution in [0.15, 0.2) is 270 Å². The topological polar surface area (TPSA) is 10.9 Å². The molecule has 3 nitrogen and oxygen atoms in total. The molecule has 0 aliphatic rings. The highest BCUT2D eigenvalue weighted by Gasteiger charge is 2.32. The molecule has 5 heteroatoms. The van der Waals surface area contributed by atoms with E-state index in [1.54, 1.807) is 0 Å². The quantitative estimate of drug-likeness (QED) is 0.128. The van der Waals surface area contributed by atoms with Gasteiger partial charge in [-0.2, -0.15) is 0 Å². The molecule has 0 N–H and O–H groups in total. The van der Waals surface area contributed by atoms with E-state index < -0.39 is 0 Å². The normalized spacial score (nSPS) is 12.4. The van der Waals surface area contributed by atoms with Crippen LogP contribution in [0, 0.1) is 0 Å². The summed E-state index contributed by atoms with van der Waals surface area (Å²) in [6.07, 6.45) is 0. The Morgan fingerprint density at radius 3 is 0.968 bits per heavy atom. The Morgan fingerprint density at radius 1 is 0.258 bits per heavy atom. The van der Waals surface area contributed by atoms with Crippen molar-refractivity contribution in [3.8, 4) is 55.6 Å². The van der Waals surface area contributed by atoms with Crippen molar-refractivity contribution in [2.24, 2.45) is 0 Å². The fraction of sp³-hybridized carbons (Fsp3) is 0.182. The largest absolute Gasteiger partial charge is 0.309 e. The van der Waals surface area contributed by atoms with Gasteiger partial charge < -0.3 is 14.2 Å². The van der Waals surface area contributed by atoms with Gasteiger partial charge in [0.2, 0.25) is 0 Å². The lowest BCUT2D eigenvalue weighted by Gasteiger charge is -2.35. The lowest BCUT2D eigenvalue weighted by molar-refractivity contribution is 0.590. The molecule has 0 bridgehead atoms. The molecule has 14 rings (SSSR count). The summed E-state index contributed by atoms with van der Waals surface area (Å²) in [7, 11) is 0. The van der Waals surface area contributed by atoms with Crippen LogP contribution in [0.1, 0.15) is 105 Å². The van der Waals surface area contributed by atoms with E-state index in [4.69, 9.17) is 0 Å². The predicted octanol–water partition coefficient (Wildman–Crippen LogP) is 26.8. The molecule has 0 saturated heterocycles. The van der Waals surface area contributed by atoms with Gasteiger partial charge in [0.1, 0.15) is 0 Å². The fourth-order valence-electron chi connectivity index (χ4n) is 13.7. The van der Waals surface area contributed by atoms with Gasteiger partial charge >= 0.3 is 0 Å². The number of nitrogens with zero attached hydrogens (tertiary/aromatic N) is 3. The number of hydrogen-bond donors (Lipinski definition) is 0. The Morgan fingerprint density at radius 2 is 0.602 bits per heavy atom. The number of halogens is 2. The molecule has 0 aliphatic heterocycles. The summed E-state index contributed by atoms with van der Waals surface area (Å²) in [6.45, 7) is 28.0. The van der Waals surface area contributed by atoms with E-state index in [-0.39, 0.29) is 21.7 Å². The molecular formula is C88H79Br2N3. The van der Waals surface area contributed by atoms with Gasteiger partial charge in [-0.25, -0.2) is 0 Å². The van der Waals surface area contributed by atoms with Crippen LogP contribution in [0.3, 0.4) is 0 Å². The Labute approximate surface area is 566 Å². The Balaban J connectivity index is 1.15. The second kappa shape index (κ2) is 23.5. The van der Waals surface area contributed by atoms with Gasteiger partial charge in [-0.15, -0.1) is 0 Å². The average Bonchev–Trinajstić information content (AvgIpc) is 1.57. The number of rotatable bonds is 11. The molecule has 12 aromatic carbocycles. The minimum absolute atomic E-state index is 0.000776. The van der Waals surface area contributed by atoms with Crippen molar-refractivity contribution < 1.29 is 0 Å². The molecular weight excluding hydrogens is 1260 g/mol. The molecule has 2 aromatic heterocycles. The Bertz CT molecular complexity index is 4800. The van der Waals surface area contributed by atoms with Crippen LogP contribution in [0.2, 0.25) is 0 Å². The zero-order chi connectivity index (χ0) is 64.9. The third kappa shape index (κ3) is 11.6. The van der Waals surface area contributed by atoms with Crippen LogP contribution in [0.5, 0.6) is 0 Å².